The van der Waals surface area contributed by atoms with Crippen LogP contribution >= 0.6 is 0 Å². The molecule has 110 valence electrons. The lowest BCUT2D eigenvalue weighted by atomic mass is 9.75. The Balaban J connectivity index is 2.21. The first-order valence-corrected chi connectivity index (χ1v) is 6.68. The van der Waals surface area contributed by atoms with Crippen molar-refractivity contribution in [3.63, 3.8) is 0 Å². The number of benzene rings is 1. The second-order valence-corrected chi connectivity index (χ2v) is 5.75. The maximum atomic E-state index is 13.5. The predicted octanol–water partition coefficient (Wildman–Crippen LogP) is 2.65. The molecule has 1 saturated carbocycles. The first-order chi connectivity index (χ1) is 9.34. The van der Waals surface area contributed by atoms with Gasteiger partial charge in [-0.3, -0.25) is 10.1 Å². The normalized spacial score (nSPS) is 16.9. The molecular weight excluding hydrogens is 261 g/mol. The highest BCUT2D eigenvalue weighted by atomic mass is 19.1. The largest absolute Gasteiger partial charge is 0.372 e. The van der Waals surface area contributed by atoms with Gasteiger partial charge in [0.25, 0.3) is 5.69 Å². The Bertz CT molecular complexity index is 515. The van der Waals surface area contributed by atoms with Crippen molar-refractivity contribution in [2.24, 2.45) is 0 Å². The molecule has 0 unspecified atom stereocenters. The second-order valence-electron chi connectivity index (χ2n) is 5.75. The van der Waals surface area contributed by atoms with Crippen molar-refractivity contribution in [2.45, 2.75) is 24.8 Å². The molecule has 0 aliphatic heterocycles. The Labute approximate surface area is 118 Å². The van der Waals surface area contributed by atoms with Crippen LogP contribution in [0.5, 0.6) is 0 Å². The van der Waals surface area contributed by atoms with E-state index in [0.29, 0.717) is 5.69 Å². The van der Waals surface area contributed by atoms with E-state index in [2.05, 4.69) is 4.90 Å². The Morgan fingerprint density at radius 3 is 2.40 bits per heavy atom. The molecule has 0 spiro atoms. The molecule has 1 aliphatic carbocycles. The highest BCUT2D eigenvalue weighted by Gasteiger charge is 2.40. The van der Waals surface area contributed by atoms with Gasteiger partial charge in [0.2, 0.25) is 0 Å². The fraction of sp³-hybridized carbons (Fsp3) is 0.571. The molecule has 20 heavy (non-hydrogen) atoms. The number of nitro groups is 1. The van der Waals surface area contributed by atoms with Gasteiger partial charge in [-0.1, -0.05) is 0 Å². The van der Waals surface area contributed by atoms with E-state index in [0.717, 1.165) is 25.5 Å². The van der Waals surface area contributed by atoms with Gasteiger partial charge in [0, 0.05) is 30.9 Å². The topological polar surface area (TPSA) is 49.6 Å². The molecule has 1 aromatic rings. The Kier molecular flexibility index (Phi) is 3.94. The molecule has 0 N–H and O–H groups in total. The van der Waals surface area contributed by atoms with Crippen LogP contribution in [0.1, 0.15) is 19.3 Å². The molecule has 1 aliphatic rings. The monoisotopic (exact) mass is 281 g/mol. The van der Waals surface area contributed by atoms with Gasteiger partial charge in [0.05, 0.1) is 11.0 Å². The van der Waals surface area contributed by atoms with E-state index in [1.54, 1.807) is 0 Å². The summed E-state index contributed by atoms with van der Waals surface area (Å²) in [6.07, 6.45) is 3.39. The summed E-state index contributed by atoms with van der Waals surface area (Å²) < 4.78 is 13.5. The van der Waals surface area contributed by atoms with Gasteiger partial charge >= 0.3 is 0 Å². The second kappa shape index (κ2) is 5.36. The van der Waals surface area contributed by atoms with E-state index in [4.69, 9.17) is 0 Å². The van der Waals surface area contributed by atoms with Crippen LogP contribution in [-0.2, 0) is 0 Å². The number of rotatable bonds is 5. The molecular formula is C14H20FN3O2. The van der Waals surface area contributed by atoms with Crippen LogP contribution in [0.25, 0.3) is 0 Å². The third-order valence-electron chi connectivity index (χ3n) is 4.28. The van der Waals surface area contributed by atoms with E-state index in [1.165, 1.54) is 18.6 Å². The zero-order valence-corrected chi connectivity index (χ0v) is 12.1. The SMILES string of the molecule is CN(CC1(N(C)C)CCC1)c1cc(F)cc([N+](=O)[O-])c1. The minimum absolute atomic E-state index is 0.0931. The zero-order chi connectivity index (χ0) is 14.9. The fourth-order valence-electron chi connectivity index (χ4n) is 2.75. The van der Waals surface area contributed by atoms with Crippen molar-refractivity contribution in [1.29, 1.82) is 0 Å². The van der Waals surface area contributed by atoms with Crippen molar-refractivity contribution in [1.82, 2.24) is 4.90 Å². The average molecular weight is 281 g/mol. The van der Waals surface area contributed by atoms with Crippen molar-refractivity contribution < 1.29 is 9.31 Å². The van der Waals surface area contributed by atoms with Crippen LogP contribution in [0.2, 0.25) is 0 Å². The molecule has 0 saturated heterocycles. The number of halogens is 1. The number of hydrogen-bond donors (Lipinski definition) is 0. The quantitative estimate of drug-likeness (QED) is 0.615. The molecule has 5 nitrogen and oxygen atoms in total. The van der Waals surface area contributed by atoms with Crippen LogP contribution < -0.4 is 4.90 Å². The van der Waals surface area contributed by atoms with E-state index in [9.17, 15) is 14.5 Å². The maximum absolute atomic E-state index is 13.5. The van der Waals surface area contributed by atoms with E-state index < -0.39 is 10.7 Å². The van der Waals surface area contributed by atoms with Gasteiger partial charge in [-0.05, 0) is 39.4 Å². The van der Waals surface area contributed by atoms with Crippen LogP contribution in [0, 0.1) is 15.9 Å². The Morgan fingerprint density at radius 1 is 1.30 bits per heavy atom. The predicted molar refractivity (Wildman–Crippen MR) is 76.6 cm³/mol. The first kappa shape index (κ1) is 14.7. The molecule has 6 heteroatoms. The minimum Gasteiger partial charge on any atom is -0.372 e. The van der Waals surface area contributed by atoms with Gasteiger partial charge in [-0.2, -0.15) is 0 Å². The first-order valence-electron chi connectivity index (χ1n) is 6.68. The lowest BCUT2D eigenvalue weighted by Crippen LogP contribution is -2.56. The van der Waals surface area contributed by atoms with Crippen molar-refractivity contribution >= 4 is 11.4 Å². The summed E-state index contributed by atoms with van der Waals surface area (Å²) in [6, 6.07) is 3.71. The van der Waals surface area contributed by atoms with Crippen molar-refractivity contribution in [3.8, 4) is 0 Å². The number of hydrogen-bond acceptors (Lipinski definition) is 4. The van der Waals surface area contributed by atoms with E-state index >= 15 is 0 Å². The molecule has 2 rings (SSSR count). The summed E-state index contributed by atoms with van der Waals surface area (Å²) in [6.45, 7) is 0.737. The van der Waals surface area contributed by atoms with E-state index in [1.807, 2.05) is 26.0 Å². The highest BCUT2D eigenvalue weighted by molar-refractivity contribution is 5.53. The van der Waals surface area contributed by atoms with Crippen molar-refractivity contribution in [3.05, 3.63) is 34.1 Å². The van der Waals surface area contributed by atoms with Gasteiger partial charge < -0.3 is 9.80 Å². The number of likely N-dealkylation sites (N-methyl/N-ethyl adjacent to an activating group) is 2. The number of nitrogens with zero attached hydrogens (tertiary/aromatic N) is 3. The third kappa shape index (κ3) is 2.75. The van der Waals surface area contributed by atoms with Gasteiger partial charge in [-0.25, -0.2) is 4.39 Å². The minimum atomic E-state index is -0.575. The molecule has 0 atom stereocenters. The number of nitro benzene ring substituents is 1. The molecule has 0 heterocycles. The molecule has 1 fully saturated rings. The lowest BCUT2D eigenvalue weighted by Gasteiger charge is -2.49. The van der Waals surface area contributed by atoms with Gasteiger partial charge in [-0.15, -0.1) is 0 Å². The summed E-state index contributed by atoms with van der Waals surface area (Å²) in [5.74, 6) is -0.575. The molecule has 0 amide bonds. The molecule has 0 bridgehead atoms. The van der Waals surface area contributed by atoms with Crippen LogP contribution in [0.3, 0.4) is 0 Å². The summed E-state index contributed by atoms with van der Waals surface area (Å²) in [7, 11) is 5.93. The lowest BCUT2D eigenvalue weighted by molar-refractivity contribution is -0.385. The Morgan fingerprint density at radius 2 is 1.95 bits per heavy atom. The highest BCUT2D eigenvalue weighted by Crippen LogP contribution is 2.37. The van der Waals surface area contributed by atoms with Gasteiger partial charge in [0.15, 0.2) is 0 Å². The molecule has 0 radical (unpaired) electrons. The maximum Gasteiger partial charge on any atom is 0.274 e. The van der Waals surface area contributed by atoms with Crippen LogP contribution in [0.4, 0.5) is 15.8 Å². The summed E-state index contributed by atoms with van der Waals surface area (Å²) in [5.41, 5.74) is 0.430. The Hall–Kier alpha value is -1.69. The van der Waals surface area contributed by atoms with E-state index in [-0.39, 0.29) is 11.2 Å². The van der Waals surface area contributed by atoms with Crippen LogP contribution in [0.15, 0.2) is 18.2 Å². The summed E-state index contributed by atoms with van der Waals surface area (Å²) >= 11 is 0. The third-order valence-corrected chi connectivity index (χ3v) is 4.28. The van der Waals surface area contributed by atoms with Crippen molar-refractivity contribution in [2.75, 3.05) is 32.6 Å². The zero-order valence-electron chi connectivity index (χ0n) is 12.1. The standard InChI is InChI=1S/C14H20FN3O2/c1-16(2)14(5-4-6-14)10-17(3)12-7-11(15)8-13(9-12)18(19)20/h7-9H,4-6,10H2,1-3H3. The van der Waals surface area contributed by atoms with Crippen LogP contribution in [-0.4, -0.2) is 43.0 Å². The molecule has 0 aromatic heterocycles. The average Bonchev–Trinajstić information content (AvgIpc) is 2.32. The summed E-state index contributed by atoms with van der Waals surface area (Å²) in [5, 5.41) is 10.8. The molecule has 1 aromatic carbocycles. The number of non-ortho nitro benzene ring substituents is 1. The van der Waals surface area contributed by atoms with Gasteiger partial charge in [0.1, 0.15) is 5.82 Å². The number of anilines is 1. The fourth-order valence-corrected chi connectivity index (χ4v) is 2.75. The smallest absolute Gasteiger partial charge is 0.274 e. The summed E-state index contributed by atoms with van der Waals surface area (Å²) in [4.78, 5) is 14.3.